The van der Waals surface area contributed by atoms with E-state index < -0.39 is 0 Å². The lowest BCUT2D eigenvalue weighted by Crippen LogP contribution is -2.33. The molecule has 1 fully saturated rings. The first kappa shape index (κ1) is 15.1. The van der Waals surface area contributed by atoms with Crippen molar-refractivity contribution < 1.29 is 9.59 Å². The van der Waals surface area contributed by atoms with E-state index in [2.05, 4.69) is 5.32 Å². The Balaban J connectivity index is 1.85. The number of nitrogens with one attached hydrogen (secondary N) is 1. The Hall–Kier alpha value is -1.26. The van der Waals surface area contributed by atoms with Gasteiger partial charge < -0.3 is 10.2 Å². The monoisotopic (exact) mass is 314 g/mol. The van der Waals surface area contributed by atoms with Crippen molar-refractivity contribution in [3.63, 3.8) is 0 Å². The Kier molecular flexibility index (Phi) is 4.89. The van der Waals surface area contributed by atoms with E-state index in [-0.39, 0.29) is 18.2 Å². The normalized spacial score (nSPS) is 13.9. The minimum atomic E-state index is -0.143. The van der Waals surface area contributed by atoms with Crippen LogP contribution in [-0.2, 0) is 9.59 Å². The fourth-order valence-corrected chi connectivity index (χ4v) is 2.30. The van der Waals surface area contributed by atoms with E-state index in [1.54, 1.807) is 23.1 Å². The summed E-state index contributed by atoms with van der Waals surface area (Å²) < 4.78 is 0. The molecule has 2 amide bonds. The second kappa shape index (κ2) is 6.46. The summed E-state index contributed by atoms with van der Waals surface area (Å²) >= 11 is 11.7. The molecule has 1 saturated carbocycles. The van der Waals surface area contributed by atoms with Gasteiger partial charge in [-0.3, -0.25) is 9.59 Å². The van der Waals surface area contributed by atoms with Gasteiger partial charge in [0.25, 0.3) is 0 Å². The van der Waals surface area contributed by atoms with E-state index >= 15 is 0 Å². The first-order valence-corrected chi connectivity index (χ1v) is 7.25. The Morgan fingerprint density at radius 2 is 2.00 bits per heavy atom. The van der Waals surface area contributed by atoms with Gasteiger partial charge in [0.15, 0.2) is 0 Å². The van der Waals surface area contributed by atoms with Crippen LogP contribution in [0.3, 0.4) is 0 Å². The van der Waals surface area contributed by atoms with E-state index in [1.807, 2.05) is 0 Å². The predicted octanol–water partition coefficient (Wildman–Crippen LogP) is 3.33. The molecule has 0 radical (unpaired) electrons. The smallest absolute Gasteiger partial charge is 0.226 e. The van der Waals surface area contributed by atoms with Crippen molar-refractivity contribution in [1.82, 2.24) is 4.90 Å². The maximum atomic E-state index is 11.9. The van der Waals surface area contributed by atoms with Crippen molar-refractivity contribution in [2.24, 2.45) is 0 Å². The number of hydrogen-bond donors (Lipinski definition) is 1. The minimum Gasteiger partial charge on any atom is -0.339 e. The van der Waals surface area contributed by atoms with Gasteiger partial charge in [-0.1, -0.05) is 23.2 Å². The molecule has 0 saturated heterocycles. The highest BCUT2D eigenvalue weighted by atomic mass is 35.5. The summed E-state index contributed by atoms with van der Waals surface area (Å²) in [5.41, 5.74) is 0.602. The summed E-state index contributed by atoms with van der Waals surface area (Å²) in [6, 6.07) is 5.25. The zero-order valence-corrected chi connectivity index (χ0v) is 12.7. The molecular weight excluding hydrogens is 299 g/mol. The molecule has 1 aliphatic rings. The Labute approximate surface area is 128 Å². The third kappa shape index (κ3) is 4.12. The Bertz CT molecular complexity index is 530. The van der Waals surface area contributed by atoms with Crippen LogP contribution in [0.25, 0.3) is 0 Å². The number of hydrogen-bond acceptors (Lipinski definition) is 2. The quantitative estimate of drug-likeness (QED) is 0.906. The van der Waals surface area contributed by atoms with Crippen molar-refractivity contribution >= 4 is 40.7 Å². The van der Waals surface area contributed by atoms with Gasteiger partial charge in [-0.25, -0.2) is 0 Å². The largest absolute Gasteiger partial charge is 0.339 e. The summed E-state index contributed by atoms with van der Waals surface area (Å²) in [6.45, 7) is 1.99. The zero-order valence-electron chi connectivity index (χ0n) is 11.2. The van der Waals surface area contributed by atoms with Crippen LogP contribution in [0.1, 0.15) is 26.2 Å². The van der Waals surface area contributed by atoms with Crippen LogP contribution in [0.15, 0.2) is 18.2 Å². The summed E-state index contributed by atoms with van der Waals surface area (Å²) in [5.74, 6) is -0.120. The molecular formula is C14H16Cl2N2O2. The van der Waals surface area contributed by atoms with E-state index in [9.17, 15) is 9.59 Å². The standard InChI is InChI=1S/C14H16Cl2N2O2/c1-9(19)18(11-3-4-11)7-6-14(20)17-10-2-5-12(15)13(16)8-10/h2,5,8,11H,3-4,6-7H2,1H3,(H,17,20). The zero-order chi connectivity index (χ0) is 14.7. The van der Waals surface area contributed by atoms with Crippen molar-refractivity contribution in [2.75, 3.05) is 11.9 Å². The molecule has 0 unspecified atom stereocenters. The van der Waals surface area contributed by atoms with E-state index in [4.69, 9.17) is 23.2 Å². The highest BCUT2D eigenvalue weighted by Crippen LogP contribution is 2.27. The molecule has 0 aliphatic heterocycles. The van der Waals surface area contributed by atoms with Gasteiger partial charge in [-0.15, -0.1) is 0 Å². The molecule has 1 aromatic rings. The van der Waals surface area contributed by atoms with Gasteiger partial charge >= 0.3 is 0 Å². The lowest BCUT2D eigenvalue weighted by molar-refractivity contribution is -0.129. The first-order chi connectivity index (χ1) is 9.47. The highest BCUT2D eigenvalue weighted by Gasteiger charge is 2.30. The number of carbonyl (C=O) groups is 2. The number of amides is 2. The van der Waals surface area contributed by atoms with E-state index in [0.29, 0.717) is 28.3 Å². The average Bonchev–Trinajstić information content (AvgIpc) is 3.18. The molecule has 6 heteroatoms. The molecule has 0 atom stereocenters. The topological polar surface area (TPSA) is 49.4 Å². The second-order valence-corrected chi connectivity index (χ2v) is 5.69. The first-order valence-electron chi connectivity index (χ1n) is 6.49. The van der Waals surface area contributed by atoms with Gasteiger partial charge in [0, 0.05) is 31.6 Å². The maximum absolute atomic E-state index is 11.9. The summed E-state index contributed by atoms with van der Waals surface area (Å²) in [5, 5.41) is 3.59. The van der Waals surface area contributed by atoms with E-state index in [0.717, 1.165) is 12.8 Å². The Morgan fingerprint density at radius 3 is 2.55 bits per heavy atom. The van der Waals surface area contributed by atoms with E-state index in [1.165, 1.54) is 6.92 Å². The number of anilines is 1. The average molecular weight is 315 g/mol. The molecule has 0 bridgehead atoms. The van der Waals surface area contributed by atoms with Crippen LogP contribution in [0.4, 0.5) is 5.69 Å². The van der Waals surface area contributed by atoms with Crippen molar-refractivity contribution in [3.05, 3.63) is 28.2 Å². The summed E-state index contributed by atoms with van der Waals surface area (Å²) in [4.78, 5) is 25.1. The molecule has 0 heterocycles. The van der Waals surface area contributed by atoms with Crippen LogP contribution < -0.4 is 5.32 Å². The number of rotatable bonds is 5. The van der Waals surface area contributed by atoms with Crippen LogP contribution in [0, 0.1) is 0 Å². The summed E-state index contributed by atoms with van der Waals surface area (Å²) in [6.07, 6.45) is 2.35. The molecule has 20 heavy (non-hydrogen) atoms. The van der Waals surface area contributed by atoms with Gasteiger partial charge in [0.1, 0.15) is 0 Å². The lowest BCUT2D eigenvalue weighted by Gasteiger charge is -2.20. The van der Waals surface area contributed by atoms with Crippen molar-refractivity contribution in [1.29, 1.82) is 0 Å². The minimum absolute atomic E-state index is 0.0230. The SMILES string of the molecule is CC(=O)N(CCC(=O)Nc1ccc(Cl)c(Cl)c1)C1CC1. The second-order valence-electron chi connectivity index (χ2n) is 4.87. The van der Waals surface area contributed by atoms with Gasteiger partial charge in [-0.05, 0) is 31.0 Å². The van der Waals surface area contributed by atoms with Gasteiger partial charge in [0.05, 0.1) is 10.0 Å². The molecule has 2 rings (SSSR count). The third-order valence-electron chi connectivity index (χ3n) is 3.18. The number of halogens is 2. The lowest BCUT2D eigenvalue weighted by atomic mass is 10.3. The fourth-order valence-electron chi connectivity index (χ4n) is 2.00. The highest BCUT2D eigenvalue weighted by molar-refractivity contribution is 6.42. The molecule has 1 aromatic carbocycles. The van der Waals surface area contributed by atoms with Gasteiger partial charge in [-0.2, -0.15) is 0 Å². The van der Waals surface area contributed by atoms with Gasteiger partial charge in [0.2, 0.25) is 11.8 Å². The van der Waals surface area contributed by atoms with Crippen molar-refractivity contribution in [2.45, 2.75) is 32.2 Å². The molecule has 4 nitrogen and oxygen atoms in total. The Morgan fingerprint density at radius 1 is 1.30 bits per heavy atom. The molecule has 1 N–H and O–H groups in total. The van der Waals surface area contributed by atoms with Crippen LogP contribution in [-0.4, -0.2) is 29.3 Å². The molecule has 108 valence electrons. The summed E-state index contributed by atoms with van der Waals surface area (Å²) in [7, 11) is 0. The number of carbonyl (C=O) groups excluding carboxylic acids is 2. The molecule has 1 aliphatic carbocycles. The number of nitrogens with zero attached hydrogens (tertiary/aromatic N) is 1. The third-order valence-corrected chi connectivity index (χ3v) is 3.91. The molecule has 0 aromatic heterocycles. The molecule has 0 spiro atoms. The maximum Gasteiger partial charge on any atom is 0.226 e. The van der Waals surface area contributed by atoms with Crippen LogP contribution in [0.2, 0.25) is 10.0 Å². The van der Waals surface area contributed by atoms with Crippen LogP contribution in [0.5, 0.6) is 0 Å². The number of benzene rings is 1. The van der Waals surface area contributed by atoms with Crippen molar-refractivity contribution in [3.8, 4) is 0 Å². The predicted molar refractivity (Wildman–Crippen MR) is 80.1 cm³/mol. The van der Waals surface area contributed by atoms with Crippen LogP contribution >= 0.6 is 23.2 Å². The fraction of sp³-hybridized carbons (Fsp3) is 0.429.